The smallest absolute Gasteiger partial charge is 0.271 e. The second kappa shape index (κ2) is 7.30. The summed E-state index contributed by atoms with van der Waals surface area (Å²) < 4.78 is 0.840. The topological polar surface area (TPSA) is 127 Å². The van der Waals surface area contributed by atoms with Crippen molar-refractivity contribution in [3.8, 4) is 0 Å². The van der Waals surface area contributed by atoms with Crippen LogP contribution in [0, 0.1) is 15.5 Å². The zero-order valence-electron chi connectivity index (χ0n) is 18.8. The number of hydrogen-bond acceptors (Lipinski definition) is 6. The molecule has 9 nitrogen and oxygen atoms in total. The Morgan fingerprint density at radius 1 is 0.971 bits per heavy atom. The van der Waals surface area contributed by atoms with Gasteiger partial charge in [0.15, 0.2) is 0 Å². The molecule has 10 heteroatoms. The van der Waals surface area contributed by atoms with Crippen LogP contribution >= 0.6 is 15.9 Å². The fourth-order valence-electron chi connectivity index (χ4n) is 5.60. The van der Waals surface area contributed by atoms with Gasteiger partial charge in [0.2, 0.25) is 0 Å². The first kappa shape index (κ1) is 22.4. The van der Waals surface area contributed by atoms with E-state index in [0.717, 1.165) is 16.6 Å². The maximum atomic E-state index is 13.7. The molecule has 2 aliphatic carbocycles. The lowest BCUT2D eigenvalue weighted by Crippen LogP contribution is -2.55. The Labute approximate surface area is 203 Å². The van der Waals surface area contributed by atoms with Crippen molar-refractivity contribution >= 4 is 44.5 Å². The number of nitro benzene ring substituents is 1. The molecule has 2 aliphatic rings. The van der Waals surface area contributed by atoms with Crippen LogP contribution in [0.5, 0.6) is 0 Å². The van der Waals surface area contributed by atoms with Crippen LogP contribution in [0.25, 0.3) is 11.0 Å². The summed E-state index contributed by atoms with van der Waals surface area (Å²) in [6.45, 7) is 6.12. The summed E-state index contributed by atoms with van der Waals surface area (Å²) in [5.41, 5.74) is 5.61. The van der Waals surface area contributed by atoms with Crippen LogP contribution in [0.1, 0.15) is 55.4 Å². The molecule has 2 atom stereocenters. The van der Waals surface area contributed by atoms with E-state index in [9.17, 15) is 19.7 Å². The van der Waals surface area contributed by atoms with Gasteiger partial charge in [-0.25, -0.2) is 9.97 Å². The van der Waals surface area contributed by atoms with Gasteiger partial charge in [0.1, 0.15) is 5.41 Å². The van der Waals surface area contributed by atoms with Crippen molar-refractivity contribution in [3.05, 3.63) is 74.0 Å². The number of benzene rings is 2. The first-order valence-corrected chi connectivity index (χ1v) is 11.6. The molecule has 1 heterocycles. The zero-order valence-corrected chi connectivity index (χ0v) is 20.4. The summed E-state index contributed by atoms with van der Waals surface area (Å²) in [4.78, 5) is 46.7. The minimum atomic E-state index is -1.05. The molecule has 2 amide bonds. The number of carbonyl (C=O) groups excluding carboxylic acids is 2. The Bertz CT molecular complexity index is 1390. The number of aromatic nitrogens is 2. The fourth-order valence-corrected chi connectivity index (χ4v) is 5.86. The maximum absolute atomic E-state index is 13.7. The van der Waals surface area contributed by atoms with E-state index in [0.29, 0.717) is 28.7 Å². The molecule has 5 rings (SSSR count). The van der Waals surface area contributed by atoms with Crippen molar-refractivity contribution in [2.45, 2.75) is 44.4 Å². The maximum Gasteiger partial charge on any atom is 0.271 e. The molecule has 0 spiro atoms. The molecule has 2 bridgehead atoms. The lowest BCUT2D eigenvalue weighted by Gasteiger charge is -2.39. The monoisotopic (exact) mass is 523 g/mol. The van der Waals surface area contributed by atoms with Crippen molar-refractivity contribution in [1.82, 2.24) is 20.8 Å². The predicted molar refractivity (Wildman–Crippen MR) is 128 cm³/mol. The average Bonchev–Trinajstić information content (AvgIpc) is 3.10. The van der Waals surface area contributed by atoms with Gasteiger partial charge in [0.05, 0.1) is 27.3 Å². The van der Waals surface area contributed by atoms with Crippen LogP contribution in [0.4, 0.5) is 5.69 Å². The van der Waals surface area contributed by atoms with Gasteiger partial charge in [0.25, 0.3) is 17.5 Å². The Balaban J connectivity index is 1.55. The normalized spacial score (nSPS) is 24.0. The fraction of sp³-hybridized carbons (Fsp3) is 0.333. The third-order valence-corrected chi connectivity index (χ3v) is 8.54. The lowest BCUT2D eigenvalue weighted by atomic mass is 9.63. The average molecular weight is 524 g/mol. The van der Waals surface area contributed by atoms with Crippen molar-refractivity contribution in [2.24, 2.45) is 5.41 Å². The standard InChI is InChI=1S/C24H22BrN5O4/c1-22(2)23(3)10-11-24(22,21(32)29-28-20(31)13-4-6-14(25)7-5-13)19-18(23)26-16-9-8-15(30(33)34)12-17(16)27-19/h4-9,12H,10-11H2,1-3H3,(H,28,31)(H,29,32). The lowest BCUT2D eigenvalue weighted by molar-refractivity contribution is -0.384. The summed E-state index contributed by atoms with van der Waals surface area (Å²) >= 11 is 3.33. The van der Waals surface area contributed by atoms with Crippen molar-refractivity contribution in [3.63, 3.8) is 0 Å². The number of nitrogens with zero attached hydrogens (tertiary/aromatic N) is 3. The van der Waals surface area contributed by atoms with Crippen LogP contribution in [0.3, 0.4) is 0 Å². The van der Waals surface area contributed by atoms with E-state index in [4.69, 9.17) is 9.97 Å². The molecule has 2 unspecified atom stereocenters. The van der Waals surface area contributed by atoms with Crippen LogP contribution in [0.2, 0.25) is 0 Å². The molecular formula is C24H22BrN5O4. The van der Waals surface area contributed by atoms with E-state index in [2.05, 4.69) is 33.7 Å². The quantitative estimate of drug-likeness (QED) is 0.393. The largest absolute Gasteiger partial charge is 0.272 e. The molecule has 0 saturated heterocycles. The third-order valence-electron chi connectivity index (χ3n) is 8.02. The van der Waals surface area contributed by atoms with Gasteiger partial charge in [-0.3, -0.25) is 30.6 Å². The minimum absolute atomic E-state index is 0.0874. The van der Waals surface area contributed by atoms with Gasteiger partial charge in [-0.15, -0.1) is 0 Å². The number of halogens is 1. The van der Waals surface area contributed by atoms with Gasteiger partial charge >= 0.3 is 0 Å². The number of nitrogens with one attached hydrogen (secondary N) is 2. The van der Waals surface area contributed by atoms with Gasteiger partial charge in [0, 0.05) is 27.6 Å². The molecule has 0 radical (unpaired) electrons. The Hall–Kier alpha value is -3.40. The molecule has 1 fully saturated rings. The van der Waals surface area contributed by atoms with E-state index in [1.165, 1.54) is 12.1 Å². The molecule has 1 saturated carbocycles. The van der Waals surface area contributed by atoms with E-state index in [-0.39, 0.29) is 11.6 Å². The van der Waals surface area contributed by atoms with Gasteiger partial charge in [-0.05, 0) is 48.6 Å². The Morgan fingerprint density at radius 3 is 2.32 bits per heavy atom. The number of rotatable bonds is 3. The number of fused-ring (bicyclic) bond motifs is 6. The molecule has 0 aliphatic heterocycles. The zero-order chi connectivity index (χ0) is 24.5. The molecule has 2 aromatic carbocycles. The summed E-state index contributed by atoms with van der Waals surface area (Å²) in [7, 11) is 0. The summed E-state index contributed by atoms with van der Waals surface area (Å²) in [6.07, 6.45) is 1.26. The highest BCUT2D eigenvalue weighted by atomic mass is 79.9. The second-order valence-electron chi connectivity index (χ2n) is 9.63. The van der Waals surface area contributed by atoms with Crippen LogP contribution in [-0.4, -0.2) is 26.7 Å². The Kier molecular flexibility index (Phi) is 4.81. The minimum Gasteiger partial charge on any atom is -0.272 e. The summed E-state index contributed by atoms with van der Waals surface area (Å²) in [5.74, 6) is -0.807. The van der Waals surface area contributed by atoms with Gasteiger partial charge < -0.3 is 0 Å². The van der Waals surface area contributed by atoms with Gasteiger partial charge in [-0.1, -0.05) is 36.7 Å². The molecule has 174 valence electrons. The van der Waals surface area contributed by atoms with Crippen molar-refractivity contribution in [2.75, 3.05) is 0 Å². The Morgan fingerprint density at radius 2 is 1.65 bits per heavy atom. The highest BCUT2D eigenvalue weighted by molar-refractivity contribution is 9.10. The van der Waals surface area contributed by atoms with Gasteiger partial charge in [-0.2, -0.15) is 0 Å². The third kappa shape index (κ3) is 2.84. The SMILES string of the molecule is CC12CCC(C(=O)NNC(=O)c3ccc(Br)cc3)(c3nc4cc([N+](=O)[O-])ccc4nc31)C2(C)C. The van der Waals surface area contributed by atoms with E-state index in [1.54, 1.807) is 30.3 Å². The highest BCUT2D eigenvalue weighted by Crippen LogP contribution is 2.70. The number of hydrogen-bond donors (Lipinski definition) is 2. The van der Waals surface area contributed by atoms with Crippen LogP contribution in [0.15, 0.2) is 46.9 Å². The molecule has 1 aromatic heterocycles. The number of non-ortho nitro benzene ring substituents is 1. The predicted octanol–water partition coefficient (Wildman–Crippen LogP) is 4.09. The highest BCUT2D eigenvalue weighted by Gasteiger charge is 2.73. The van der Waals surface area contributed by atoms with E-state index in [1.807, 2.05) is 13.8 Å². The molecule has 2 N–H and O–H groups in total. The van der Waals surface area contributed by atoms with Crippen molar-refractivity contribution in [1.29, 1.82) is 0 Å². The first-order valence-electron chi connectivity index (χ1n) is 10.8. The summed E-state index contributed by atoms with van der Waals surface area (Å²) in [6, 6.07) is 11.2. The first-order chi connectivity index (χ1) is 16.0. The van der Waals surface area contributed by atoms with E-state index < -0.39 is 27.1 Å². The number of nitro groups is 1. The van der Waals surface area contributed by atoms with Crippen LogP contribution in [-0.2, 0) is 15.6 Å². The molecule has 34 heavy (non-hydrogen) atoms. The number of hydrazine groups is 1. The second-order valence-corrected chi connectivity index (χ2v) is 10.5. The van der Waals surface area contributed by atoms with E-state index >= 15 is 0 Å². The van der Waals surface area contributed by atoms with Crippen LogP contribution < -0.4 is 10.9 Å². The number of amides is 2. The van der Waals surface area contributed by atoms with Crippen molar-refractivity contribution < 1.29 is 14.5 Å². The summed E-state index contributed by atoms with van der Waals surface area (Å²) in [5, 5.41) is 11.3. The molecule has 3 aromatic rings. The number of carbonyl (C=O) groups is 2. The molecular weight excluding hydrogens is 502 g/mol.